The maximum atomic E-state index is 11.6. The van der Waals surface area contributed by atoms with Crippen molar-refractivity contribution >= 4 is 29.5 Å². The second kappa shape index (κ2) is 8.58. The number of ether oxygens (including phenoxy) is 3. The average Bonchev–Trinajstić information content (AvgIpc) is 3.16. The number of thiazole rings is 1. The van der Waals surface area contributed by atoms with Gasteiger partial charge in [-0.15, -0.1) is 11.3 Å². The minimum absolute atomic E-state index is 0.199. The highest BCUT2D eigenvalue weighted by molar-refractivity contribution is 7.15. The van der Waals surface area contributed by atoms with Crippen molar-refractivity contribution < 1.29 is 24.1 Å². The van der Waals surface area contributed by atoms with Gasteiger partial charge in [0.15, 0.2) is 11.5 Å². The van der Waals surface area contributed by atoms with Crippen LogP contribution >= 0.6 is 11.3 Å². The third-order valence-electron chi connectivity index (χ3n) is 4.03. The first kappa shape index (κ1) is 19.4. The van der Waals surface area contributed by atoms with E-state index in [0.717, 1.165) is 22.5 Å². The molecule has 0 saturated heterocycles. The predicted octanol–water partition coefficient (Wildman–Crippen LogP) is 4.70. The first-order chi connectivity index (χ1) is 13.6. The van der Waals surface area contributed by atoms with Crippen LogP contribution in [0.25, 0.3) is 23.4 Å². The third-order valence-corrected chi connectivity index (χ3v) is 5.03. The molecule has 0 bridgehead atoms. The van der Waals surface area contributed by atoms with Gasteiger partial charge in [0.25, 0.3) is 0 Å². The van der Waals surface area contributed by atoms with E-state index < -0.39 is 5.97 Å². The lowest BCUT2D eigenvalue weighted by Crippen LogP contribution is -1.96. The van der Waals surface area contributed by atoms with Gasteiger partial charge in [-0.25, -0.2) is 9.78 Å². The molecule has 0 amide bonds. The molecular weight excluding hydrogens is 378 g/mol. The van der Waals surface area contributed by atoms with Crippen molar-refractivity contribution in [3.63, 3.8) is 0 Å². The normalized spacial score (nSPS) is 10.8. The van der Waals surface area contributed by atoms with Crippen LogP contribution in [0.1, 0.15) is 20.2 Å². The summed E-state index contributed by atoms with van der Waals surface area (Å²) >= 11 is 1.12. The van der Waals surface area contributed by atoms with Gasteiger partial charge in [0.05, 0.1) is 27.0 Å². The summed E-state index contributed by atoms with van der Waals surface area (Å²) in [6, 6.07) is 12.9. The van der Waals surface area contributed by atoms with E-state index in [4.69, 9.17) is 14.2 Å². The number of carbonyl (C=O) groups is 1. The minimum Gasteiger partial charge on any atom is -0.493 e. The molecule has 6 nitrogen and oxygen atoms in total. The van der Waals surface area contributed by atoms with Crippen LogP contribution in [0.2, 0.25) is 0 Å². The van der Waals surface area contributed by atoms with Crippen LogP contribution in [0.15, 0.2) is 42.5 Å². The first-order valence-electron chi connectivity index (χ1n) is 8.35. The molecule has 3 rings (SSSR count). The molecule has 0 spiro atoms. The van der Waals surface area contributed by atoms with Crippen molar-refractivity contribution in [1.82, 2.24) is 4.98 Å². The Labute approximate surface area is 166 Å². The Morgan fingerprint density at radius 3 is 2.29 bits per heavy atom. The fraction of sp³-hybridized carbons (Fsp3) is 0.143. The molecule has 0 aliphatic rings. The molecule has 0 radical (unpaired) electrons. The van der Waals surface area contributed by atoms with E-state index in [-0.39, 0.29) is 4.88 Å². The van der Waals surface area contributed by atoms with E-state index in [2.05, 4.69) is 4.98 Å². The Bertz CT molecular complexity index is 1010. The van der Waals surface area contributed by atoms with E-state index in [1.54, 1.807) is 39.5 Å². The SMILES string of the molecule is COc1ccc(/C=C/c2nc(-c3ccccc3)c(C(=O)O)s2)c(OC)c1OC. The number of aromatic carboxylic acids is 1. The summed E-state index contributed by atoms with van der Waals surface area (Å²) in [5.74, 6) is 0.573. The van der Waals surface area contributed by atoms with Crippen LogP contribution in [-0.4, -0.2) is 37.4 Å². The molecule has 0 saturated carbocycles. The number of nitrogens with zero attached hydrogens (tertiary/aromatic N) is 1. The summed E-state index contributed by atoms with van der Waals surface area (Å²) in [7, 11) is 4.65. The Morgan fingerprint density at radius 1 is 0.964 bits per heavy atom. The summed E-state index contributed by atoms with van der Waals surface area (Å²) in [5.41, 5.74) is 1.98. The number of hydrogen-bond donors (Lipinski definition) is 1. The Balaban J connectivity index is 2.01. The second-order valence-electron chi connectivity index (χ2n) is 5.66. The van der Waals surface area contributed by atoms with Gasteiger partial charge in [0.2, 0.25) is 5.75 Å². The Kier molecular flexibility index (Phi) is 5.96. The topological polar surface area (TPSA) is 77.9 Å². The molecule has 0 atom stereocenters. The van der Waals surface area contributed by atoms with Crippen molar-refractivity contribution in [3.8, 4) is 28.5 Å². The van der Waals surface area contributed by atoms with Gasteiger partial charge < -0.3 is 19.3 Å². The van der Waals surface area contributed by atoms with Crippen LogP contribution < -0.4 is 14.2 Å². The summed E-state index contributed by atoms with van der Waals surface area (Å²) in [6.07, 6.45) is 3.56. The highest BCUT2D eigenvalue weighted by atomic mass is 32.1. The average molecular weight is 397 g/mol. The molecule has 144 valence electrons. The van der Waals surface area contributed by atoms with Gasteiger partial charge in [-0.3, -0.25) is 0 Å². The molecule has 1 aromatic heterocycles. The molecule has 2 aromatic carbocycles. The van der Waals surface area contributed by atoms with E-state index in [1.165, 1.54) is 0 Å². The van der Waals surface area contributed by atoms with Gasteiger partial charge in [0.1, 0.15) is 9.88 Å². The lowest BCUT2D eigenvalue weighted by Gasteiger charge is -2.13. The summed E-state index contributed by atoms with van der Waals surface area (Å²) in [4.78, 5) is 16.3. The highest BCUT2D eigenvalue weighted by Crippen LogP contribution is 2.40. The lowest BCUT2D eigenvalue weighted by atomic mass is 10.1. The zero-order chi connectivity index (χ0) is 20.1. The number of carboxylic acid groups (broad SMARTS) is 1. The smallest absolute Gasteiger partial charge is 0.348 e. The van der Waals surface area contributed by atoms with Crippen molar-refractivity contribution in [1.29, 1.82) is 0 Å². The molecular formula is C21H19NO5S. The van der Waals surface area contributed by atoms with Gasteiger partial charge in [-0.1, -0.05) is 30.3 Å². The number of methoxy groups -OCH3 is 3. The molecule has 0 unspecified atom stereocenters. The lowest BCUT2D eigenvalue weighted by molar-refractivity contribution is 0.0702. The molecule has 0 aliphatic carbocycles. The van der Waals surface area contributed by atoms with Crippen molar-refractivity contribution in [2.45, 2.75) is 0 Å². The van der Waals surface area contributed by atoms with Crippen LogP contribution in [0.5, 0.6) is 17.2 Å². The van der Waals surface area contributed by atoms with Gasteiger partial charge in [0, 0.05) is 11.1 Å². The molecule has 1 N–H and O–H groups in total. The number of rotatable bonds is 7. The Morgan fingerprint density at radius 2 is 1.68 bits per heavy atom. The zero-order valence-corrected chi connectivity index (χ0v) is 16.4. The summed E-state index contributed by atoms with van der Waals surface area (Å²) in [5, 5.41) is 10.1. The molecule has 28 heavy (non-hydrogen) atoms. The molecule has 0 aliphatic heterocycles. The van der Waals surface area contributed by atoms with Crippen molar-refractivity contribution in [2.24, 2.45) is 0 Å². The maximum absolute atomic E-state index is 11.6. The standard InChI is InChI=1S/C21H19NO5S/c1-25-15-11-9-14(18(26-2)19(15)27-3)10-12-16-22-17(20(28-16)21(23)24)13-7-5-4-6-8-13/h4-12H,1-3H3,(H,23,24)/b12-10+. The van der Waals surface area contributed by atoms with Crippen LogP contribution in [-0.2, 0) is 0 Å². The molecule has 3 aromatic rings. The largest absolute Gasteiger partial charge is 0.493 e. The number of aromatic nitrogens is 1. The third kappa shape index (κ3) is 3.84. The Hall–Kier alpha value is -3.32. The number of hydrogen-bond acceptors (Lipinski definition) is 6. The van der Waals surface area contributed by atoms with Gasteiger partial charge >= 0.3 is 5.97 Å². The molecule has 1 heterocycles. The highest BCUT2D eigenvalue weighted by Gasteiger charge is 2.18. The fourth-order valence-corrected chi connectivity index (χ4v) is 3.59. The number of carboxylic acids is 1. The van der Waals surface area contributed by atoms with Crippen LogP contribution in [0.3, 0.4) is 0 Å². The van der Waals surface area contributed by atoms with E-state index in [1.807, 2.05) is 36.4 Å². The first-order valence-corrected chi connectivity index (χ1v) is 9.17. The maximum Gasteiger partial charge on any atom is 0.348 e. The van der Waals surface area contributed by atoms with Crippen molar-refractivity contribution in [2.75, 3.05) is 21.3 Å². The quantitative estimate of drug-likeness (QED) is 0.622. The summed E-state index contributed by atoms with van der Waals surface area (Å²) in [6.45, 7) is 0. The van der Waals surface area contributed by atoms with E-state index >= 15 is 0 Å². The fourth-order valence-electron chi connectivity index (χ4n) is 2.76. The van der Waals surface area contributed by atoms with Crippen LogP contribution in [0.4, 0.5) is 0 Å². The monoisotopic (exact) mass is 397 g/mol. The molecule has 0 fully saturated rings. The minimum atomic E-state index is -1.00. The summed E-state index contributed by atoms with van der Waals surface area (Å²) < 4.78 is 16.1. The van der Waals surface area contributed by atoms with E-state index in [9.17, 15) is 9.90 Å². The van der Waals surface area contributed by atoms with Gasteiger partial charge in [-0.05, 0) is 24.3 Å². The second-order valence-corrected chi connectivity index (χ2v) is 6.69. The van der Waals surface area contributed by atoms with Crippen LogP contribution in [0, 0.1) is 0 Å². The predicted molar refractivity (Wildman–Crippen MR) is 110 cm³/mol. The van der Waals surface area contributed by atoms with Crippen molar-refractivity contribution in [3.05, 3.63) is 57.9 Å². The van der Waals surface area contributed by atoms with Gasteiger partial charge in [-0.2, -0.15) is 0 Å². The van der Waals surface area contributed by atoms with E-state index in [0.29, 0.717) is 28.0 Å². The number of benzene rings is 2. The molecule has 7 heteroatoms. The zero-order valence-electron chi connectivity index (χ0n) is 15.6.